The second-order valence-electron chi connectivity index (χ2n) is 4.20. The van der Waals surface area contributed by atoms with Crippen LogP contribution in [0, 0.1) is 5.82 Å². The second kappa shape index (κ2) is 5.55. The van der Waals surface area contributed by atoms with Gasteiger partial charge in [-0.25, -0.2) is 4.39 Å². The summed E-state index contributed by atoms with van der Waals surface area (Å²) < 4.78 is 18.3. The minimum Gasteiger partial charge on any atom is -0.469 e. The Morgan fingerprint density at radius 1 is 1.39 bits per heavy atom. The highest BCUT2D eigenvalue weighted by atomic mass is 35.5. The minimum atomic E-state index is -0.338. The molecule has 2 aromatic rings. The monoisotopic (exact) mass is 267 g/mol. The molecule has 1 aromatic carbocycles. The molecule has 0 saturated carbocycles. The molecule has 0 aliphatic carbocycles. The Labute approximate surface area is 111 Å². The van der Waals surface area contributed by atoms with Gasteiger partial charge in [-0.3, -0.25) is 0 Å². The molecule has 4 heteroatoms. The molecule has 0 spiro atoms. The van der Waals surface area contributed by atoms with E-state index in [4.69, 9.17) is 21.8 Å². The summed E-state index contributed by atoms with van der Waals surface area (Å²) in [6.45, 7) is 2.01. The minimum absolute atomic E-state index is 0.193. The van der Waals surface area contributed by atoms with E-state index in [1.807, 2.05) is 13.0 Å². The second-order valence-corrected chi connectivity index (χ2v) is 4.61. The van der Waals surface area contributed by atoms with Crippen molar-refractivity contribution in [2.75, 3.05) is 0 Å². The molecule has 2 nitrogen and oxygen atoms in total. The summed E-state index contributed by atoms with van der Waals surface area (Å²) in [7, 11) is 0. The molecule has 2 rings (SSSR count). The molecule has 1 heterocycles. The molecular weight excluding hydrogens is 253 g/mol. The molecule has 0 radical (unpaired) electrons. The first-order valence-corrected chi connectivity index (χ1v) is 6.25. The Balaban J connectivity index is 2.18. The van der Waals surface area contributed by atoms with E-state index < -0.39 is 0 Å². The molecule has 1 unspecified atom stereocenters. The number of hydrogen-bond donors (Lipinski definition) is 1. The first-order valence-electron chi connectivity index (χ1n) is 5.87. The maximum Gasteiger partial charge on any atom is 0.124 e. The van der Waals surface area contributed by atoms with Gasteiger partial charge in [-0.05, 0) is 30.2 Å². The normalized spacial score (nSPS) is 12.7. The molecule has 1 atom stereocenters. The fourth-order valence-electron chi connectivity index (χ4n) is 2.00. The van der Waals surface area contributed by atoms with E-state index in [1.54, 1.807) is 12.3 Å². The predicted molar refractivity (Wildman–Crippen MR) is 70.1 cm³/mol. The standard InChI is InChI=1S/C14H15ClFNO/c1-2-14-11(5-6-18-14)13(17)7-9-3-4-10(16)8-12(9)15/h3-6,8,13H,2,7,17H2,1H3. The summed E-state index contributed by atoms with van der Waals surface area (Å²) >= 11 is 5.99. The van der Waals surface area contributed by atoms with E-state index >= 15 is 0 Å². The third-order valence-corrected chi connectivity index (χ3v) is 3.31. The Morgan fingerprint density at radius 3 is 2.83 bits per heavy atom. The van der Waals surface area contributed by atoms with Crippen LogP contribution in [0.1, 0.15) is 29.9 Å². The van der Waals surface area contributed by atoms with Crippen LogP contribution in [-0.4, -0.2) is 0 Å². The average molecular weight is 268 g/mol. The van der Waals surface area contributed by atoms with Gasteiger partial charge in [0, 0.05) is 23.0 Å². The van der Waals surface area contributed by atoms with Crippen LogP contribution in [0.3, 0.4) is 0 Å². The summed E-state index contributed by atoms with van der Waals surface area (Å²) in [5, 5.41) is 0.409. The Hall–Kier alpha value is -1.32. The lowest BCUT2D eigenvalue weighted by Crippen LogP contribution is -2.14. The molecule has 0 amide bonds. The highest BCUT2D eigenvalue weighted by Crippen LogP contribution is 2.25. The molecular formula is C14H15ClFNO. The summed E-state index contributed by atoms with van der Waals surface area (Å²) in [4.78, 5) is 0. The van der Waals surface area contributed by atoms with Crippen LogP contribution in [0.5, 0.6) is 0 Å². The van der Waals surface area contributed by atoms with Crippen molar-refractivity contribution < 1.29 is 8.81 Å². The third kappa shape index (κ3) is 2.74. The molecule has 0 saturated heterocycles. The summed E-state index contributed by atoms with van der Waals surface area (Å²) in [6.07, 6.45) is 3.00. The zero-order chi connectivity index (χ0) is 13.1. The van der Waals surface area contributed by atoms with Gasteiger partial charge in [0.15, 0.2) is 0 Å². The van der Waals surface area contributed by atoms with Gasteiger partial charge in [-0.15, -0.1) is 0 Å². The van der Waals surface area contributed by atoms with E-state index in [2.05, 4.69) is 0 Å². The van der Waals surface area contributed by atoms with Gasteiger partial charge in [-0.2, -0.15) is 0 Å². The van der Waals surface area contributed by atoms with Crippen molar-refractivity contribution >= 4 is 11.6 Å². The van der Waals surface area contributed by atoms with Crippen molar-refractivity contribution in [3.8, 4) is 0 Å². The van der Waals surface area contributed by atoms with Crippen LogP contribution in [0.25, 0.3) is 0 Å². The summed E-state index contributed by atoms with van der Waals surface area (Å²) in [5.74, 6) is 0.551. The van der Waals surface area contributed by atoms with Crippen LogP contribution in [-0.2, 0) is 12.8 Å². The number of aryl methyl sites for hydroxylation is 1. The zero-order valence-electron chi connectivity index (χ0n) is 10.1. The van der Waals surface area contributed by atoms with Gasteiger partial charge in [0.1, 0.15) is 11.6 Å². The third-order valence-electron chi connectivity index (χ3n) is 2.96. The fourth-order valence-corrected chi connectivity index (χ4v) is 2.25. The molecule has 2 N–H and O–H groups in total. The van der Waals surface area contributed by atoms with Crippen LogP contribution in [0.4, 0.5) is 4.39 Å². The number of furan rings is 1. The van der Waals surface area contributed by atoms with E-state index in [-0.39, 0.29) is 11.9 Å². The quantitative estimate of drug-likeness (QED) is 0.913. The van der Waals surface area contributed by atoms with Crippen LogP contribution < -0.4 is 5.73 Å². The molecule has 0 aliphatic heterocycles. The van der Waals surface area contributed by atoms with Crippen LogP contribution in [0.2, 0.25) is 5.02 Å². The number of halogens is 2. The lowest BCUT2D eigenvalue weighted by molar-refractivity contribution is 0.505. The predicted octanol–water partition coefficient (Wildman–Crippen LogP) is 3.88. The maximum atomic E-state index is 12.9. The molecule has 0 fully saturated rings. The van der Waals surface area contributed by atoms with Gasteiger partial charge in [0.2, 0.25) is 0 Å². The Morgan fingerprint density at radius 2 is 2.17 bits per heavy atom. The molecule has 1 aromatic heterocycles. The highest BCUT2D eigenvalue weighted by molar-refractivity contribution is 6.31. The SMILES string of the molecule is CCc1occc1C(N)Cc1ccc(F)cc1Cl. The largest absolute Gasteiger partial charge is 0.469 e. The smallest absolute Gasteiger partial charge is 0.124 e. The fraction of sp³-hybridized carbons (Fsp3) is 0.286. The van der Waals surface area contributed by atoms with E-state index in [0.717, 1.165) is 23.3 Å². The van der Waals surface area contributed by atoms with Gasteiger partial charge in [0.25, 0.3) is 0 Å². The maximum absolute atomic E-state index is 12.9. The van der Waals surface area contributed by atoms with Gasteiger partial charge in [-0.1, -0.05) is 24.6 Å². The van der Waals surface area contributed by atoms with Crippen molar-refractivity contribution in [2.24, 2.45) is 5.73 Å². The van der Waals surface area contributed by atoms with Gasteiger partial charge >= 0.3 is 0 Å². The first-order chi connectivity index (χ1) is 8.61. The van der Waals surface area contributed by atoms with E-state index in [0.29, 0.717) is 11.4 Å². The van der Waals surface area contributed by atoms with Crippen LogP contribution in [0.15, 0.2) is 34.9 Å². The van der Waals surface area contributed by atoms with E-state index in [1.165, 1.54) is 12.1 Å². The topological polar surface area (TPSA) is 39.2 Å². The van der Waals surface area contributed by atoms with Gasteiger partial charge in [0.05, 0.1) is 6.26 Å². The Bertz CT molecular complexity index is 538. The molecule has 0 aliphatic rings. The molecule has 96 valence electrons. The van der Waals surface area contributed by atoms with Crippen molar-refractivity contribution in [1.29, 1.82) is 0 Å². The number of hydrogen-bond acceptors (Lipinski definition) is 2. The van der Waals surface area contributed by atoms with Crippen molar-refractivity contribution in [3.05, 3.63) is 58.3 Å². The zero-order valence-corrected chi connectivity index (χ0v) is 10.9. The first kappa shape index (κ1) is 13.1. The summed E-state index contributed by atoms with van der Waals surface area (Å²) in [6, 6.07) is 6.05. The summed E-state index contributed by atoms with van der Waals surface area (Å²) in [5.41, 5.74) is 7.97. The van der Waals surface area contributed by atoms with Crippen molar-refractivity contribution in [1.82, 2.24) is 0 Å². The van der Waals surface area contributed by atoms with Crippen molar-refractivity contribution in [3.63, 3.8) is 0 Å². The highest BCUT2D eigenvalue weighted by Gasteiger charge is 2.15. The number of rotatable bonds is 4. The van der Waals surface area contributed by atoms with Crippen LogP contribution >= 0.6 is 11.6 Å². The van der Waals surface area contributed by atoms with E-state index in [9.17, 15) is 4.39 Å². The lowest BCUT2D eigenvalue weighted by Gasteiger charge is -2.12. The number of nitrogens with two attached hydrogens (primary N) is 1. The number of benzene rings is 1. The average Bonchev–Trinajstić information content (AvgIpc) is 2.81. The molecule has 0 bridgehead atoms. The molecule has 18 heavy (non-hydrogen) atoms. The Kier molecular flexibility index (Phi) is 4.04. The lowest BCUT2D eigenvalue weighted by atomic mass is 9.99. The van der Waals surface area contributed by atoms with Gasteiger partial charge < -0.3 is 10.2 Å². The van der Waals surface area contributed by atoms with Crippen molar-refractivity contribution in [2.45, 2.75) is 25.8 Å².